The minimum absolute atomic E-state index is 0.455. The SMILES string of the molecule is C=CC(=O)Oc1ccccc1/C(=C(\CCCl)c1ccccc1)c1ccc2[nH]ncc2c1. The van der Waals surface area contributed by atoms with Gasteiger partial charge in [0.15, 0.2) is 0 Å². The Morgan fingerprint density at radius 3 is 2.58 bits per heavy atom. The maximum absolute atomic E-state index is 12.0. The number of para-hydroxylation sites is 1. The second kappa shape index (κ2) is 9.45. The van der Waals surface area contributed by atoms with Gasteiger partial charge in [-0.3, -0.25) is 5.10 Å². The summed E-state index contributed by atoms with van der Waals surface area (Å²) in [6.07, 6.45) is 3.60. The lowest BCUT2D eigenvalue weighted by molar-refractivity contribution is -0.128. The highest BCUT2D eigenvalue weighted by atomic mass is 35.5. The van der Waals surface area contributed by atoms with Crippen LogP contribution in [0.5, 0.6) is 5.75 Å². The van der Waals surface area contributed by atoms with Crippen LogP contribution in [0.2, 0.25) is 0 Å². The van der Waals surface area contributed by atoms with Gasteiger partial charge in [0.25, 0.3) is 0 Å². The molecule has 0 saturated heterocycles. The first-order valence-corrected chi connectivity index (χ1v) is 10.5. The summed E-state index contributed by atoms with van der Waals surface area (Å²) in [5.41, 5.74) is 5.84. The highest BCUT2D eigenvalue weighted by Crippen LogP contribution is 2.39. The summed E-state index contributed by atoms with van der Waals surface area (Å²) in [6.45, 7) is 3.52. The van der Waals surface area contributed by atoms with Crippen LogP contribution in [-0.2, 0) is 4.79 Å². The van der Waals surface area contributed by atoms with E-state index >= 15 is 0 Å². The number of aromatic amines is 1. The van der Waals surface area contributed by atoms with E-state index in [1.54, 1.807) is 12.3 Å². The summed E-state index contributed by atoms with van der Waals surface area (Å²) in [6, 6.07) is 23.8. The molecule has 4 aromatic rings. The van der Waals surface area contributed by atoms with E-state index in [2.05, 4.69) is 35.0 Å². The summed E-state index contributed by atoms with van der Waals surface area (Å²) in [5, 5.41) is 8.12. The molecule has 31 heavy (non-hydrogen) atoms. The van der Waals surface area contributed by atoms with Gasteiger partial charge in [-0.1, -0.05) is 61.2 Å². The number of aromatic nitrogens is 2. The van der Waals surface area contributed by atoms with Crippen LogP contribution in [-0.4, -0.2) is 22.0 Å². The fourth-order valence-corrected chi connectivity index (χ4v) is 3.84. The lowest BCUT2D eigenvalue weighted by Gasteiger charge is -2.19. The third-order valence-corrected chi connectivity index (χ3v) is 5.22. The molecule has 0 aliphatic carbocycles. The molecule has 5 heteroatoms. The molecule has 0 unspecified atom stereocenters. The quantitative estimate of drug-likeness (QED) is 0.124. The van der Waals surface area contributed by atoms with Crippen molar-refractivity contribution in [2.24, 2.45) is 0 Å². The second-order valence-electron chi connectivity index (χ2n) is 6.95. The summed E-state index contributed by atoms with van der Waals surface area (Å²) >= 11 is 6.24. The van der Waals surface area contributed by atoms with Gasteiger partial charge in [-0.15, -0.1) is 11.6 Å². The number of carbonyl (C=O) groups is 1. The number of ether oxygens (including phenoxy) is 1. The monoisotopic (exact) mass is 428 g/mol. The fraction of sp³-hybridized carbons (Fsp3) is 0.0769. The molecule has 4 nitrogen and oxygen atoms in total. The van der Waals surface area contributed by atoms with Gasteiger partial charge in [-0.2, -0.15) is 5.10 Å². The van der Waals surface area contributed by atoms with Crippen molar-refractivity contribution in [3.63, 3.8) is 0 Å². The van der Waals surface area contributed by atoms with Gasteiger partial charge < -0.3 is 4.74 Å². The molecule has 0 fully saturated rings. The third kappa shape index (κ3) is 4.44. The molecule has 4 rings (SSSR count). The Labute approximate surface area is 185 Å². The lowest BCUT2D eigenvalue weighted by Crippen LogP contribution is -2.06. The molecule has 1 aromatic heterocycles. The van der Waals surface area contributed by atoms with Crippen LogP contribution in [0.25, 0.3) is 22.0 Å². The predicted molar refractivity (Wildman–Crippen MR) is 126 cm³/mol. The Balaban J connectivity index is 2.02. The first kappa shape index (κ1) is 20.6. The van der Waals surface area contributed by atoms with Crippen LogP contribution < -0.4 is 4.74 Å². The van der Waals surface area contributed by atoms with E-state index < -0.39 is 5.97 Å². The molecule has 3 aromatic carbocycles. The van der Waals surface area contributed by atoms with Crippen LogP contribution in [0.15, 0.2) is 91.6 Å². The summed E-state index contributed by atoms with van der Waals surface area (Å²) < 4.78 is 5.59. The number of fused-ring (bicyclic) bond motifs is 1. The normalized spacial score (nSPS) is 11.8. The van der Waals surface area contributed by atoms with Crippen LogP contribution in [0.4, 0.5) is 0 Å². The molecule has 154 valence electrons. The van der Waals surface area contributed by atoms with E-state index in [0.717, 1.165) is 44.8 Å². The summed E-state index contributed by atoms with van der Waals surface area (Å²) in [7, 11) is 0. The largest absolute Gasteiger partial charge is 0.423 e. The van der Waals surface area contributed by atoms with E-state index in [4.69, 9.17) is 16.3 Å². The second-order valence-corrected chi connectivity index (χ2v) is 7.33. The molecule has 0 bridgehead atoms. The Hall–Kier alpha value is -3.63. The predicted octanol–water partition coefficient (Wildman–Crippen LogP) is 6.24. The Morgan fingerprint density at radius 1 is 1.03 bits per heavy atom. The molecule has 0 saturated carbocycles. The highest BCUT2D eigenvalue weighted by Gasteiger charge is 2.19. The van der Waals surface area contributed by atoms with E-state index in [0.29, 0.717) is 18.1 Å². The van der Waals surface area contributed by atoms with Gasteiger partial charge in [0, 0.05) is 22.9 Å². The Kier molecular flexibility index (Phi) is 6.29. The number of nitrogens with one attached hydrogen (secondary N) is 1. The van der Waals surface area contributed by atoms with Crippen molar-refractivity contribution in [2.75, 3.05) is 5.88 Å². The first-order chi connectivity index (χ1) is 15.2. The lowest BCUT2D eigenvalue weighted by atomic mass is 9.87. The average Bonchev–Trinajstić information content (AvgIpc) is 3.28. The zero-order valence-electron chi connectivity index (χ0n) is 16.8. The van der Waals surface area contributed by atoms with Gasteiger partial charge in [0.1, 0.15) is 5.75 Å². The molecule has 0 spiro atoms. The highest BCUT2D eigenvalue weighted by molar-refractivity contribution is 6.19. The van der Waals surface area contributed by atoms with Gasteiger partial charge in [-0.05, 0) is 46.9 Å². The minimum atomic E-state index is -0.504. The molecular formula is C26H21ClN2O2. The number of hydrogen-bond donors (Lipinski definition) is 1. The number of esters is 1. The number of benzene rings is 3. The van der Waals surface area contributed by atoms with Crippen molar-refractivity contribution in [1.82, 2.24) is 10.2 Å². The van der Waals surface area contributed by atoms with Crippen molar-refractivity contribution in [3.05, 3.63) is 108 Å². The number of H-pyrrole nitrogens is 1. The van der Waals surface area contributed by atoms with Gasteiger partial charge in [-0.25, -0.2) is 4.79 Å². The Bertz CT molecular complexity index is 1260. The van der Waals surface area contributed by atoms with Gasteiger partial charge in [0.05, 0.1) is 11.7 Å². The first-order valence-electron chi connectivity index (χ1n) is 9.93. The van der Waals surface area contributed by atoms with Crippen LogP contribution in [0, 0.1) is 0 Å². The molecule has 1 N–H and O–H groups in total. The van der Waals surface area contributed by atoms with E-state index in [-0.39, 0.29) is 0 Å². The van der Waals surface area contributed by atoms with Crippen LogP contribution >= 0.6 is 11.6 Å². The number of allylic oxidation sites excluding steroid dienone is 1. The van der Waals surface area contributed by atoms with E-state index in [1.165, 1.54) is 0 Å². The Morgan fingerprint density at radius 2 is 1.81 bits per heavy atom. The number of halogens is 1. The van der Waals surface area contributed by atoms with Crippen molar-refractivity contribution in [1.29, 1.82) is 0 Å². The molecular weight excluding hydrogens is 408 g/mol. The number of alkyl halides is 1. The van der Waals surface area contributed by atoms with Crippen molar-refractivity contribution < 1.29 is 9.53 Å². The van der Waals surface area contributed by atoms with Crippen LogP contribution in [0.1, 0.15) is 23.1 Å². The van der Waals surface area contributed by atoms with Crippen molar-refractivity contribution in [2.45, 2.75) is 6.42 Å². The fourth-order valence-electron chi connectivity index (χ4n) is 3.65. The summed E-state index contributed by atoms with van der Waals surface area (Å²) in [4.78, 5) is 12.0. The third-order valence-electron chi connectivity index (χ3n) is 5.03. The molecule has 0 radical (unpaired) electrons. The number of rotatable bonds is 7. The van der Waals surface area contributed by atoms with Crippen molar-refractivity contribution >= 4 is 39.6 Å². The topological polar surface area (TPSA) is 55.0 Å². The zero-order chi connectivity index (χ0) is 21.6. The van der Waals surface area contributed by atoms with E-state index in [9.17, 15) is 4.79 Å². The smallest absolute Gasteiger partial charge is 0.335 e. The molecule has 0 amide bonds. The standard InChI is InChI=1S/C26H21ClN2O2/c1-2-25(30)31-24-11-7-6-10-22(24)26(19-12-13-23-20(16-19)17-28-29-23)21(14-15-27)18-8-4-3-5-9-18/h2-13,16-17H,1,14-15H2,(H,28,29)/b26-21+. The number of hydrogen-bond acceptors (Lipinski definition) is 3. The number of carbonyl (C=O) groups excluding carboxylic acids is 1. The van der Waals surface area contributed by atoms with Crippen molar-refractivity contribution in [3.8, 4) is 5.75 Å². The average molecular weight is 429 g/mol. The zero-order valence-corrected chi connectivity index (χ0v) is 17.6. The summed E-state index contributed by atoms with van der Waals surface area (Å²) in [5.74, 6) is 0.421. The minimum Gasteiger partial charge on any atom is -0.423 e. The van der Waals surface area contributed by atoms with Gasteiger partial charge >= 0.3 is 5.97 Å². The van der Waals surface area contributed by atoms with Gasteiger partial charge in [0.2, 0.25) is 0 Å². The molecule has 0 aliphatic heterocycles. The number of nitrogens with zero attached hydrogens (tertiary/aromatic N) is 1. The molecule has 0 atom stereocenters. The van der Waals surface area contributed by atoms with Crippen LogP contribution in [0.3, 0.4) is 0 Å². The van der Waals surface area contributed by atoms with E-state index in [1.807, 2.05) is 48.5 Å². The maximum Gasteiger partial charge on any atom is 0.335 e. The maximum atomic E-state index is 12.0. The molecule has 0 aliphatic rings. The molecule has 1 heterocycles.